The average Bonchev–Trinajstić information content (AvgIpc) is 2.92. The van der Waals surface area contributed by atoms with Gasteiger partial charge in [0.25, 0.3) is 0 Å². The summed E-state index contributed by atoms with van der Waals surface area (Å²) in [5, 5.41) is 4.76. The highest BCUT2D eigenvalue weighted by Gasteiger charge is 2.28. The lowest BCUT2D eigenvalue weighted by Crippen LogP contribution is -2.31. The van der Waals surface area contributed by atoms with Crippen LogP contribution in [0.3, 0.4) is 0 Å². The standard InChI is InChI=1S/C15H27N3S/c1-10(2)16-8-14-6-7-18(9-14)12(4)15-11(3)17-13(5)19-15/h10,12,14,16H,6-9H2,1-5H3. The molecule has 0 saturated carbocycles. The Labute approximate surface area is 121 Å². The minimum atomic E-state index is 0.523. The molecule has 3 nitrogen and oxygen atoms in total. The zero-order valence-corrected chi connectivity index (χ0v) is 13.7. The molecule has 19 heavy (non-hydrogen) atoms. The Bertz CT molecular complexity index is 414. The number of nitrogens with one attached hydrogen (secondary N) is 1. The molecule has 0 radical (unpaired) electrons. The highest BCUT2D eigenvalue weighted by atomic mass is 32.1. The number of likely N-dealkylation sites (tertiary alicyclic amines) is 1. The smallest absolute Gasteiger partial charge is 0.0900 e. The van der Waals surface area contributed by atoms with Crippen molar-refractivity contribution in [3.05, 3.63) is 15.6 Å². The SMILES string of the molecule is Cc1nc(C)c(C(C)N2CCC(CNC(C)C)C2)s1. The molecule has 1 saturated heterocycles. The van der Waals surface area contributed by atoms with Gasteiger partial charge in [0.2, 0.25) is 0 Å². The second-order valence-electron chi connectivity index (χ2n) is 6.07. The van der Waals surface area contributed by atoms with E-state index in [9.17, 15) is 0 Å². The van der Waals surface area contributed by atoms with Crippen LogP contribution in [0.1, 0.15) is 48.8 Å². The lowest BCUT2D eigenvalue weighted by atomic mass is 10.1. The molecule has 0 aromatic carbocycles. The maximum absolute atomic E-state index is 4.56. The first-order valence-corrected chi connectivity index (χ1v) is 8.20. The molecule has 1 fully saturated rings. The number of nitrogens with zero attached hydrogens (tertiary/aromatic N) is 2. The molecule has 108 valence electrons. The van der Waals surface area contributed by atoms with Gasteiger partial charge in [-0.3, -0.25) is 4.90 Å². The fraction of sp³-hybridized carbons (Fsp3) is 0.800. The lowest BCUT2D eigenvalue weighted by Gasteiger charge is -2.24. The summed E-state index contributed by atoms with van der Waals surface area (Å²) >= 11 is 1.86. The Morgan fingerprint density at radius 2 is 2.11 bits per heavy atom. The fourth-order valence-electron chi connectivity index (χ4n) is 2.88. The number of hydrogen-bond acceptors (Lipinski definition) is 4. The first kappa shape index (κ1) is 14.9. The summed E-state index contributed by atoms with van der Waals surface area (Å²) in [4.78, 5) is 8.63. The molecule has 2 atom stereocenters. The molecule has 1 aromatic rings. The first-order chi connectivity index (χ1) is 8.97. The van der Waals surface area contributed by atoms with Crippen molar-refractivity contribution >= 4 is 11.3 Å². The van der Waals surface area contributed by atoms with Gasteiger partial charge in [-0.15, -0.1) is 11.3 Å². The molecule has 0 bridgehead atoms. The van der Waals surface area contributed by atoms with Crippen LogP contribution in [0.4, 0.5) is 0 Å². The Morgan fingerprint density at radius 3 is 2.68 bits per heavy atom. The monoisotopic (exact) mass is 281 g/mol. The van der Waals surface area contributed by atoms with Crippen molar-refractivity contribution in [2.45, 2.75) is 53.1 Å². The summed E-state index contributed by atoms with van der Waals surface area (Å²) in [6, 6.07) is 1.12. The predicted molar refractivity (Wildman–Crippen MR) is 82.8 cm³/mol. The van der Waals surface area contributed by atoms with Crippen molar-refractivity contribution in [3.8, 4) is 0 Å². The van der Waals surface area contributed by atoms with Crippen molar-refractivity contribution in [2.24, 2.45) is 5.92 Å². The Hall–Kier alpha value is -0.450. The van der Waals surface area contributed by atoms with Crippen LogP contribution >= 0.6 is 11.3 Å². The molecule has 1 aromatic heterocycles. The van der Waals surface area contributed by atoms with Crippen LogP contribution in [0, 0.1) is 19.8 Å². The van der Waals surface area contributed by atoms with Crippen LogP contribution < -0.4 is 5.32 Å². The minimum Gasteiger partial charge on any atom is -0.314 e. The van der Waals surface area contributed by atoms with Crippen molar-refractivity contribution in [3.63, 3.8) is 0 Å². The molecule has 4 heteroatoms. The topological polar surface area (TPSA) is 28.2 Å². The molecule has 0 amide bonds. The van der Waals surface area contributed by atoms with Crippen LogP contribution in [0.15, 0.2) is 0 Å². The quantitative estimate of drug-likeness (QED) is 0.898. The second kappa shape index (κ2) is 6.33. The van der Waals surface area contributed by atoms with E-state index in [-0.39, 0.29) is 0 Å². The predicted octanol–water partition coefficient (Wildman–Crippen LogP) is 3.14. The van der Waals surface area contributed by atoms with E-state index in [1.807, 2.05) is 11.3 Å². The molecule has 0 aliphatic carbocycles. The Balaban J connectivity index is 1.91. The van der Waals surface area contributed by atoms with E-state index in [2.05, 4.69) is 49.8 Å². The molecule has 2 rings (SSSR count). The number of thiazole rings is 1. The van der Waals surface area contributed by atoms with Crippen LogP contribution in [-0.2, 0) is 0 Å². The molecular formula is C15H27N3S. The summed E-state index contributed by atoms with van der Waals surface area (Å²) in [6.45, 7) is 14.6. The molecule has 2 heterocycles. The van der Waals surface area contributed by atoms with Crippen LogP contribution in [0.2, 0.25) is 0 Å². The first-order valence-electron chi connectivity index (χ1n) is 7.38. The number of rotatable bonds is 5. The molecule has 1 aliphatic heterocycles. The maximum Gasteiger partial charge on any atom is 0.0900 e. The van der Waals surface area contributed by atoms with Gasteiger partial charge in [0, 0.05) is 23.5 Å². The summed E-state index contributed by atoms with van der Waals surface area (Å²) in [6.07, 6.45) is 1.32. The van der Waals surface area contributed by atoms with E-state index in [1.165, 1.54) is 35.1 Å². The van der Waals surface area contributed by atoms with Crippen molar-refractivity contribution in [2.75, 3.05) is 19.6 Å². The van der Waals surface area contributed by atoms with Gasteiger partial charge in [-0.25, -0.2) is 4.98 Å². The summed E-state index contributed by atoms with van der Waals surface area (Å²) < 4.78 is 0. The van der Waals surface area contributed by atoms with E-state index in [0.717, 1.165) is 12.5 Å². The zero-order valence-electron chi connectivity index (χ0n) is 12.9. The van der Waals surface area contributed by atoms with E-state index in [1.54, 1.807) is 0 Å². The summed E-state index contributed by atoms with van der Waals surface area (Å²) in [5.74, 6) is 0.805. The second-order valence-corrected chi connectivity index (χ2v) is 7.31. The third kappa shape index (κ3) is 3.77. The van der Waals surface area contributed by atoms with Gasteiger partial charge in [-0.1, -0.05) is 13.8 Å². The van der Waals surface area contributed by atoms with E-state index >= 15 is 0 Å². The van der Waals surface area contributed by atoms with E-state index < -0.39 is 0 Å². The maximum atomic E-state index is 4.56. The van der Waals surface area contributed by atoms with Crippen LogP contribution in [-0.4, -0.2) is 35.6 Å². The van der Waals surface area contributed by atoms with Gasteiger partial charge < -0.3 is 5.32 Å². The summed E-state index contributed by atoms with van der Waals surface area (Å²) in [7, 11) is 0. The molecule has 1 aliphatic rings. The van der Waals surface area contributed by atoms with Gasteiger partial charge in [-0.05, 0) is 46.2 Å². The number of aromatic nitrogens is 1. The number of hydrogen-bond donors (Lipinski definition) is 1. The van der Waals surface area contributed by atoms with Gasteiger partial charge >= 0.3 is 0 Å². The number of aryl methyl sites for hydroxylation is 2. The highest BCUT2D eigenvalue weighted by molar-refractivity contribution is 7.11. The van der Waals surface area contributed by atoms with Gasteiger partial charge in [0.15, 0.2) is 0 Å². The normalized spacial score (nSPS) is 22.3. The lowest BCUT2D eigenvalue weighted by molar-refractivity contribution is 0.253. The van der Waals surface area contributed by atoms with Gasteiger partial charge in [-0.2, -0.15) is 0 Å². The fourth-order valence-corrected chi connectivity index (χ4v) is 3.90. The van der Waals surface area contributed by atoms with E-state index in [4.69, 9.17) is 0 Å². The highest BCUT2D eigenvalue weighted by Crippen LogP contribution is 2.32. The molecule has 0 spiro atoms. The Kier molecular flexibility index (Phi) is 4.98. The van der Waals surface area contributed by atoms with Gasteiger partial charge in [0.05, 0.1) is 10.7 Å². The van der Waals surface area contributed by atoms with Crippen LogP contribution in [0.5, 0.6) is 0 Å². The average molecular weight is 281 g/mol. The summed E-state index contributed by atoms with van der Waals surface area (Å²) in [5.41, 5.74) is 1.22. The van der Waals surface area contributed by atoms with Crippen molar-refractivity contribution < 1.29 is 0 Å². The van der Waals surface area contributed by atoms with E-state index in [0.29, 0.717) is 12.1 Å². The van der Waals surface area contributed by atoms with Gasteiger partial charge in [0.1, 0.15) is 0 Å². The zero-order chi connectivity index (χ0) is 14.0. The van der Waals surface area contributed by atoms with Crippen molar-refractivity contribution in [1.82, 2.24) is 15.2 Å². The Morgan fingerprint density at radius 1 is 1.37 bits per heavy atom. The third-order valence-corrected chi connectivity index (χ3v) is 5.24. The van der Waals surface area contributed by atoms with Crippen molar-refractivity contribution in [1.29, 1.82) is 0 Å². The van der Waals surface area contributed by atoms with Crippen LogP contribution in [0.25, 0.3) is 0 Å². The molecule has 1 N–H and O–H groups in total. The largest absolute Gasteiger partial charge is 0.314 e. The molecular weight excluding hydrogens is 254 g/mol. The molecule has 2 unspecified atom stereocenters. The minimum absolute atomic E-state index is 0.523. The third-order valence-electron chi connectivity index (χ3n) is 4.00.